The van der Waals surface area contributed by atoms with E-state index in [2.05, 4.69) is 10.1 Å². The third-order valence-corrected chi connectivity index (χ3v) is 2.55. The smallest absolute Gasteiger partial charge is 0.228 e. The molecule has 0 saturated carbocycles. The van der Waals surface area contributed by atoms with E-state index in [4.69, 9.17) is 15.0 Å². The van der Waals surface area contributed by atoms with Gasteiger partial charge in [-0.15, -0.1) is 0 Å². The standard InChI is InChI=1S/C13H17N3O2/c1-9(14)8-11-15-13(16-18-11)12(17-2)10-6-4-3-5-7-10/h3-7,9,12H,8,14H2,1-2H3. The topological polar surface area (TPSA) is 74.2 Å². The molecule has 2 N–H and O–H groups in total. The van der Waals surface area contributed by atoms with Gasteiger partial charge in [-0.25, -0.2) is 0 Å². The van der Waals surface area contributed by atoms with Crippen LogP contribution in [0.5, 0.6) is 0 Å². The fourth-order valence-corrected chi connectivity index (χ4v) is 1.75. The second kappa shape index (κ2) is 5.75. The minimum absolute atomic E-state index is 0.00369. The third-order valence-electron chi connectivity index (χ3n) is 2.55. The van der Waals surface area contributed by atoms with Gasteiger partial charge in [0.05, 0.1) is 0 Å². The van der Waals surface area contributed by atoms with Crippen LogP contribution < -0.4 is 5.73 Å². The van der Waals surface area contributed by atoms with E-state index < -0.39 is 0 Å². The maximum absolute atomic E-state index is 5.69. The number of aromatic nitrogens is 2. The zero-order valence-corrected chi connectivity index (χ0v) is 10.5. The van der Waals surface area contributed by atoms with E-state index in [0.29, 0.717) is 18.1 Å². The minimum Gasteiger partial charge on any atom is -0.369 e. The molecule has 0 amide bonds. The SMILES string of the molecule is COC(c1ccccc1)c1noc(CC(C)N)n1. The van der Waals surface area contributed by atoms with Crippen molar-refractivity contribution in [2.75, 3.05) is 7.11 Å². The highest BCUT2D eigenvalue weighted by atomic mass is 16.5. The van der Waals surface area contributed by atoms with E-state index in [1.807, 2.05) is 37.3 Å². The number of nitrogens with two attached hydrogens (primary N) is 1. The fraction of sp³-hybridized carbons (Fsp3) is 0.385. The van der Waals surface area contributed by atoms with E-state index >= 15 is 0 Å². The summed E-state index contributed by atoms with van der Waals surface area (Å²) in [5.41, 5.74) is 6.69. The van der Waals surface area contributed by atoms with E-state index in [9.17, 15) is 0 Å². The Morgan fingerprint density at radius 3 is 2.67 bits per heavy atom. The average Bonchev–Trinajstić information content (AvgIpc) is 2.79. The first-order valence-corrected chi connectivity index (χ1v) is 5.86. The molecule has 18 heavy (non-hydrogen) atoms. The predicted molar refractivity (Wildman–Crippen MR) is 66.9 cm³/mol. The van der Waals surface area contributed by atoms with Gasteiger partial charge >= 0.3 is 0 Å². The van der Waals surface area contributed by atoms with Crippen LogP contribution in [0.25, 0.3) is 0 Å². The van der Waals surface area contributed by atoms with Crippen LogP contribution in [0, 0.1) is 0 Å². The van der Waals surface area contributed by atoms with Crippen LogP contribution in [0.1, 0.15) is 30.3 Å². The lowest BCUT2D eigenvalue weighted by atomic mass is 10.1. The zero-order valence-electron chi connectivity index (χ0n) is 10.5. The van der Waals surface area contributed by atoms with Gasteiger partial charge in [0, 0.05) is 19.6 Å². The molecular formula is C13H17N3O2. The summed E-state index contributed by atoms with van der Waals surface area (Å²) in [6.45, 7) is 1.90. The van der Waals surface area contributed by atoms with Gasteiger partial charge in [-0.2, -0.15) is 4.98 Å². The van der Waals surface area contributed by atoms with Crippen LogP contribution in [-0.2, 0) is 11.2 Å². The van der Waals surface area contributed by atoms with Gasteiger partial charge in [-0.3, -0.25) is 0 Å². The number of rotatable bonds is 5. The number of methoxy groups -OCH3 is 1. The van der Waals surface area contributed by atoms with Crippen molar-refractivity contribution >= 4 is 0 Å². The van der Waals surface area contributed by atoms with E-state index in [0.717, 1.165) is 5.56 Å². The molecule has 5 heteroatoms. The highest BCUT2D eigenvalue weighted by Gasteiger charge is 2.19. The molecule has 2 aromatic rings. The van der Waals surface area contributed by atoms with Crippen molar-refractivity contribution in [3.63, 3.8) is 0 Å². The summed E-state index contributed by atoms with van der Waals surface area (Å²) in [5, 5.41) is 3.95. The molecule has 1 aromatic carbocycles. The maximum atomic E-state index is 5.69. The van der Waals surface area contributed by atoms with Crippen molar-refractivity contribution < 1.29 is 9.26 Å². The monoisotopic (exact) mass is 247 g/mol. The van der Waals surface area contributed by atoms with E-state index in [1.54, 1.807) is 7.11 Å². The Balaban J connectivity index is 2.20. The van der Waals surface area contributed by atoms with Crippen molar-refractivity contribution in [3.05, 3.63) is 47.6 Å². The Bertz CT molecular complexity index is 482. The van der Waals surface area contributed by atoms with Crippen molar-refractivity contribution in [1.82, 2.24) is 10.1 Å². The lowest BCUT2D eigenvalue weighted by molar-refractivity contribution is 0.126. The molecule has 0 fully saturated rings. The molecule has 1 aromatic heterocycles. The van der Waals surface area contributed by atoms with Crippen molar-refractivity contribution in [2.45, 2.75) is 25.5 Å². The average molecular weight is 247 g/mol. The molecule has 0 spiro atoms. The van der Waals surface area contributed by atoms with Crippen LogP contribution in [0.2, 0.25) is 0 Å². The fourth-order valence-electron chi connectivity index (χ4n) is 1.75. The molecule has 5 nitrogen and oxygen atoms in total. The van der Waals surface area contributed by atoms with Crippen LogP contribution in [0.4, 0.5) is 0 Å². The Hall–Kier alpha value is -1.72. The predicted octanol–water partition coefficient (Wildman–Crippen LogP) is 1.70. The van der Waals surface area contributed by atoms with Crippen LogP contribution >= 0.6 is 0 Å². The Kier molecular flexibility index (Phi) is 4.07. The van der Waals surface area contributed by atoms with Gasteiger partial charge in [0.25, 0.3) is 0 Å². The van der Waals surface area contributed by atoms with Gasteiger partial charge in [-0.1, -0.05) is 35.5 Å². The zero-order chi connectivity index (χ0) is 13.0. The molecule has 0 aliphatic carbocycles. The molecule has 0 saturated heterocycles. The first-order chi connectivity index (χ1) is 8.70. The summed E-state index contributed by atoms with van der Waals surface area (Å²) in [7, 11) is 1.62. The summed E-state index contributed by atoms with van der Waals surface area (Å²) in [6.07, 6.45) is 0.259. The molecule has 2 atom stereocenters. The van der Waals surface area contributed by atoms with Crippen LogP contribution in [-0.4, -0.2) is 23.3 Å². The van der Waals surface area contributed by atoms with Crippen molar-refractivity contribution in [3.8, 4) is 0 Å². The molecule has 0 bridgehead atoms. The number of hydrogen-bond donors (Lipinski definition) is 1. The molecule has 2 unspecified atom stereocenters. The lowest BCUT2D eigenvalue weighted by Crippen LogP contribution is -2.18. The highest BCUT2D eigenvalue weighted by molar-refractivity contribution is 5.22. The van der Waals surface area contributed by atoms with Crippen molar-refractivity contribution in [2.24, 2.45) is 5.73 Å². The second-order valence-electron chi connectivity index (χ2n) is 4.25. The second-order valence-corrected chi connectivity index (χ2v) is 4.25. The van der Waals surface area contributed by atoms with Gasteiger partial charge < -0.3 is 15.0 Å². The molecule has 1 heterocycles. The van der Waals surface area contributed by atoms with E-state index in [1.165, 1.54) is 0 Å². The first-order valence-electron chi connectivity index (χ1n) is 5.86. The third kappa shape index (κ3) is 2.94. The quantitative estimate of drug-likeness (QED) is 0.870. The van der Waals surface area contributed by atoms with Gasteiger partial charge in [0.15, 0.2) is 0 Å². The number of benzene rings is 1. The highest BCUT2D eigenvalue weighted by Crippen LogP contribution is 2.22. The Labute approximate surface area is 106 Å². The normalized spacial score (nSPS) is 14.4. The minimum atomic E-state index is -0.309. The molecule has 96 valence electrons. The molecule has 0 aliphatic rings. The maximum Gasteiger partial charge on any atom is 0.228 e. The van der Waals surface area contributed by atoms with Crippen LogP contribution in [0.15, 0.2) is 34.9 Å². The van der Waals surface area contributed by atoms with Gasteiger partial charge in [0.1, 0.15) is 6.10 Å². The summed E-state index contributed by atoms with van der Waals surface area (Å²) >= 11 is 0. The summed E-state index contributed by atoms with van der Waals surface area (Å²) < 4.78 is 10.6. The van der Waals surface area contributed by atoms with E-state index in [-0.39, 0.29) is 12.1 Å². The Morgan fingerprint density at radius 1 is 1.33 bits per heavy atom. The number of ether oxygens (including phenoxy) is 1. The molecule has 0 aliphatic heterocycles. The lowest BCUT2D eigenvalue weighted by Gasteiger charge is -2.10. The number of nitrogens with zero attached hydrogens (tertiary/aromatic N) is 2. The van der Waals surface area contributed by atoms with Gasteiger partial charge in [0.2, 0.25) is 11.7 Å². The molecular weight excluding hydrogens is 230 g/mol. The van der Waals surface area contributed by atoms with Gasteiger partial charge in [-0.05, 0) is 12.5 Å². The number of hydrogen-bond acceptors (Lipinski definition) is 5. The van der Waals surface area contributed by atoms with Crippen molar-refractivity contribution in [1.29, 1.82) is 0 Å². The molecule has 2 rings (SSSR count). The van der Waals surface area contributed by atoms with Crippen LogP contribution in [0.3, 0.4) is 0 Å². The summed E-state index contributed by atoms with van der Waals surface area (Å²) in [4.78, 5) is 4.32. The Morgan fingerprint density at radius 2 is 2.06 bits per heavy atom. The summed E-state index contributed by atoms with van der Waals surface area (Å²) in [5.74, 6) is 1.07. The largest absolute Gasteiger partial charge is 0.369 e. The summed E-state index contributed by atoms with van der Waals surface area (Å²) in [6, 6.07) is 9.78. The first kappa shape index (κ1) is 12.7. The molecule has 0 radical (unpaired) electrons.